The van der Waals surface area contributed by atoms with E-state index in [1.165, 1.54) is 11.8 Å². The predicted octanol–water partition coefficient (Wildman–Crippen LogP) is 4.92. The molecular formula is C26H21N3O4S. The van der Waals surface area contributed by atoms with Gasteiger partial charge in [-0.25, -0.2) is 4.99 Å². The van der Waals surface area contributed by atoms with Gasteiger partial charge < -0.3 is 14.8 Å². The highest BCUT2D eigenvalue weighted by Crippen LogP contribution is 2.34. The molecule has 0 bridgehead atoms. The van der Waals surface area contributed by atoms with Crippen molar-refractivity contribution in [2.75, 3.05) is 22.8 Å². The van der Waals surface area contributed by atoms with E-state index in [9.17, 15) is 9.59 Å². The number of nitrogens with one attached hydrogen (secondary N) is 1. The molecule has 0 aliphatic carbocycles. The number of para-hydroxylation sites is 2. The van der Waals surface area contributed by atoms with Crippen LogP contribution in [0.5, 0.6) is 11.5 Å². The van der Waals surface area contributed by atoms with Crippen LogP contribution in [0.1, 0.15) is 12.0 Å². The molecule has 2 aliphatic rings. The third-order valence-corrected chi connectivity index (χ3v) is 6.10. The standard InChI is InChI=1S/C26H21N3O4S/c30-24(27-19-7-3-1-4-8-19)13-14-34-26-28-21(25(31)29(26)20-9-5-2-6-10-20)15-18-11-12-22-23(16-18)33-17-32-22/h1-12,15-16H,13-14,17H2,(H,27,30)/b21-15+. The highest BCUT2D eigenvalue weighted by Gasteiger charge is 2.32. The van der Waals surface area contributed by atoms with E-state index in [1.807, 2.05) is 78.9 Å². The Kier molecular flexibility index (Phi) is 6.31. The molecule has 0 atom stereocenters. The van der Waals surface area contributed by atoms with Gasteiger partial charge in [-0.05, 0) is 48.0 Å². The van der Waals surface area contributed by atoms with Crippen molar-refractivity contribution in [2.45, 2.75) is 6.42 Å². The molecule has 2 amide bonds. The van der Waals surface area contributed by atoms with Gasteiger partial charge in [0.25, 0.3) is 5.91 Å². The van der Waals surface area contributed by atoms with Gasteiger partial charge in [-0.15, -0.1) is 0 Å². The number of carbonyl (C=O) groups excluding carboxylic acids is 2. The average molecular weight is 472 g/mol. The average Bonchev–Trinajstić information content (AvgIpc) is 3.44. The SMILES string of the molecule is O=C(CCSC1=N/C(=C/c2ccc3c(c2)OCO3)C(=O)N1c1ccccc1)Nc1ccccc1. The number of anilines is 2. The second kappa shape index (κ2) is 9.84. The summed E-state index contributed by atoms with van der Waals surface area (Å²) < 4.78 is 10.8. The number of nitrogens with zero attached hydrogens (tertiary/aromatic N) is 2. The van der Waals surface area contributed by atoms with Crippen molar-refractivity contribution >= 4 is 46.2 Å². The van der Waals surface area contributed by atoms with Crippen LogP contribution in [-0.4, -0.2) is 29.5 Å². The van der Waals surface area contributed by atoms with Crippen LogP contribution in [0, 0.1) is 0 Å². The fourth-order valence-electron chi connectivity index (χ4n) is 3.54. The molecule has 2 heterocycles. The molecule has 34 heavy (non-hydrogen) atoms. The molecular weight excluding hydrogens is 450 g/mol. The van der Waals surface area contributed by atoms with Gasteiger partial charge in [-0.3, -0.25) is 14.5 Å². The van der Waals surface area contributed by atoms with Crippen molar-refractivity contribution in [3.63, 3.8) is 0 Å². The van der Waals surface area contributed by atoms with Gasteiger partial charge in [0, 0.05) is 17.9 Å². The van der Waals surface area contributed by atoms with Crippen LogP contribution in [0.4, 0.5) is 11.4 Å². The van der Waals surface area contributed by atoms with Crippen LogP contribution in [-0.2, 0) is 9.59 Å². The van der Waals surface area contributed by atoms with Crippen LogP contribution in [0.25, 0.3) is 6.08 Å². The number of rotatable bonds is 6. The van der Waals surface area contributed by atoms with Crippen molar-refractivity contribution in [2.24, 2.45) is 4.99 Å². The first-order valence-electron chi connectivity index (χ1n) is 10.7. The molecule has 0 saturated carbocycles. The topological polar surface area (TPSA) is 80.2 Å². The molecule has 1 N–H and O–H groups in total. The highest BCUT2D eigenvalue weighted by molar-refractivity contribution is 8.14. The van der Waals surface area contributed by atoms with Crippen LogP contribution in [0.15, 0.2) is 89.6 Å². The molecule has 3 aromatic carbocycles. The Morgan fingerprint density at radius 3 is 2.53 bits per heavy atom. The van der Waals surface area contributed by atoms with Gasteiger partial charge in [0.1, 0.15) is 5.70 Å². The molecule has 2 aliphatic heterocycles. The third-order valence-electron chi connectivity index (χ3n) is 5.16. The van der Waals surface area contributed by atoms with Crippen LogP contribution < -0.4 is 19.7 Å². The highest BCUT2D eigenvalue weighted by atomic mass is 32.2. The first-order chi connectivity index (χ1) is 16.7. The smallest absolute Gasteiger partial charge is 0.283 e. The molecule has 7 nitrogen and oxygen atoms in total. The Labute approximate surface area is 201 Å². The van der Waals surface area contributed by atoms with E-state index in [-0.39, 0.29) is 25.0 Å². The van der Waals surface area contributed by atoms with Crippen molar-refractivity contribution in [1.82, 2.24) is 0 Å². The number of hydrogen-bond acceptors (Lipinski definition) is 6. The second-order valence-electron chi connectivity index (χ2n) is 7.53. The Morgan fingerprint density at radius 2 is 1.74 bits per heavy atom. The lowest BCUT2D eigenvalue weighted by atomic mass is 10.1. The number of fused-ring (bicyclic) bond motifs is 1. The summed E-state index contributed by atoms with van der Waals surface area (Å²) >= 11 is 1.37. The zero-order valence-corrected chi connectivity index (χ0v) is 19.0. The number of hydrogen-bond donors (Lipinski definition) is 1. The summed E-state index contributed by atoms with van der Waals surface area (Å²) in [5, 5.41) is 3.41. The lowest BCUT2D eigenvalue weighted by molar-refractivity contribution is -0.116. The lowest BCUT2D eigenvalue weighted by Gasteiger charge is -2.17. The minimum Gasteiger partial charge on any atom is -0.454 e. The van der Waals surface area contributed by atoms with E-state index in [0.29, 0.717) is 28.1 Å². The molecule has 0 unspecified atom stereocenters. The maximum absolute atomic E-state index is 13.3. The molecule has 0 spiro atoms. The second-order valence-corrected chi connectivity index (χ2v) is 8.59. The molecule has 170 valence electrons. The van der Waals surface area contributed by atoms with E-state index in [0.717, 1.165) is 16.9 Å². The number of ether oxygens (including phenoxy) is 2. The summed E-state index contributed by atoms with van der Waals surface area (Å²) in [5.41, 5.74) is 2.59. The fraction of sp³-hybridized carbons (Fsp3) is 0.115. The molecule has 0 fully saturated rings. The molecule has 5 rings (SSSR count). The van der Waals surface area contributed by atoms with Gasteiger partial charge >= 0.3 is 0 Å². The maximum atomic E-state index is 13.3. The van der Waals surface area contributed by atoms with E-state index in [2.05, 4.69) is 10.3 Å². The van der Waals surface area contributed by atoms with Crippen molar-refractivity contribution in [1.29, 1.82) is 0 Å². The van der Waals surface area contributed by atoms with Gasteiger partial charge in [0.05, 0.1) is 5.69 Å². The summed E-state index contributed by atoms with van der Waals surface area (Å²) in [6, 6.07) is 24.2. The van der Waals surface area contributed by atoms with E-state index in [1.54, 1.807) is 11.0 Å². The largest absolute Gasteiger partial charge is 0.454 e. The first-order valence-corrected chi connectivity index (χ1v) is 11.7. The summed E-state index contributed by atoms with van der Waals surface area (Å²) in [4.78, 5) is 31.8. The number of benzene rings is 3. The quantitative estimate of drug-likeness (QED) is 0.516. The van der Waals surface area contributed by atoms with E-state index in [4.69, 9.17) is 9.47 Å². The van der Waals surface area contributed by atoms with Crippen molar-refractivity contribution in [3.8, 4) is 11.5 Å². The number of aliphatic imine (C=N–C) groups is 1. The third kappa shape index (κ3) is 4.82. The maximum Gasteiger partial charge on any atom is 0.283 e. The van der Waals surface area contributed by atoms with Gasteiger partial charge in [0.15, 0.2) is 16.7 Å². The number of carbonyl (C=O) groups is 2. The molecule has 0 radical (unpaired) electrons. The van der Waals surface area contributed by atoms with Crippen molar-refractivity contribution < 1.29 is 19.1 Å². The van der Waals surface area contributed by atoms with Crippen LogP contribution in [0.2, 0.25) is 0 Å². The fourth-order valence-corrected chi connectivity index (χ4v) is 4.49. The molecule has 3 aromatic rings. The summed E-state index contributed by atoms with van der Waals surface area (Å²) in [6.07, 6.45) is 2.02. The van der Waals surface area contributed by atoms with E-state index >= 15 is 0 Å². The number of thioether (sulfide) groups is 1. The first kappa shape index (κ1) is 21.8. The van der Waals surface area contributed by atoms with E-state index < -0.39 is 0 Å². The Morgan fingerprint density at radius 1 is 1.00 bits per heavy atom. The molecule has 0 saturated heterocycles. The van der Waals surface area contributed by atoms with Gasteiger partial charge in [-0.1, -0.05) is 54.2 Å². The number of amidine groups is 1. The summed E-state index contributed by atoms with van der Waals surface area (Å²) in [7, 11) is 0. The molecule has 8 heteroatoms. The minimum atomic E-state index is -0.222. The summed E-state index contributed by atoms with van der Waals surface area (Å²) in [6.45, 7) is 0.187. The number of amides is 2. The predicted molar refractivity (Wildman–Crippen MR) is 134 cm³/mol. The Bertz CT molecular complexity index is 1280. The van der Waals surface area contributed by atoms with Gasteiger partial charge in [0.2, 0.25) is 12.7 Å². The minimum absolute atomic E-state index is 0.0917. The summed E-state index contributed by atoms with van der Waals surface area (Å²) in [5.74, 6) is 1.49. The monoisotopic (exact) mass is 471 g/mol. The van der Waals surface area contributed by atoms with Crippen LogP contribution >= 0.6 is 11.8 Å². The lowest BCUT2D eigenvalue weighted by Crippen LogP contribution is -2.30. The van der Waals surface area contributed by atoms with Crippen molar-refractivity contribution in [3.05, 3.63) is 90.1 Å². The normalized spacial score (nSPS) is 15.5. The Balaban J connectivity index is 1.33. The molecule has 0 aromatic heterocycles. The van der Waals surface area contributed by atoms with Crippen LogP contribution in [0.3, 0.4) is 0 Å². The van der Waals surface area contributed by atoms with Gasteiger partial charge in [-0.2, -0.15) is 0 Å². The zero-order valence-electron chi connectivity index (χ0n) is 18.1. The Hall–Kier alpha value is -4.04. The zero-order chi connectivity index (χ0) is 23.3.